The number of hydrogen-bond acceptors (Lipinski definition) is 1. The van der Waals surface area contributed by atoms with Crippen LogP contribution < -0.4 is 0 Å². The molecular formula is C14H29N. The van der Waals surface area contributed by atoms with Crippen LogP contribution in [0.4, 0.5) is 0 Å². The van der Waals surface area contributed by atoms with Gasteiger partial charge in [-0.1, -0.05) is 27.2 Å². The Hall–Kier alpha value is -0.0400. The second-order valence-corrected chi connectivity index (χ2v) is 6.04. The van der Waals surface area contributed by atoms with Crippen LogP contribution in [0, 0.1) is 17.8 Å². The fraction of sp³-hybridized carbons (Fsp3) is 1.00. The third-order valence-corrected chi connectivity index (χ3v) is 4.13. The summed E-state index contributed by atoms with van der Waals surface area (Å²) in [6.07, 6.45) is 7.07. The molecule has 0 aromatic rings. The van der Waals surface area contributed by atoms with Crippen molar-refractivity contribution in [2.75, 3.05) is 14.1 Å². The summed E-state index contributed by atoms with van der Waals surface area (Å²) < 4.78 is 0. The van der Waals surface area contributed by atoms with Gasteiger partial charge in [-0.3, -0.25) is 0 Å². The van der Waals surface area contributed by atoms with Crippen LogP contribution in [0.15, 0.2) is 0 Å². The molecule has 1 rings (SSSR count). The molecule has 2 unspecified atom stereocenters. The first-order valence-electron chi connectivity index (χ1n) is 6.69. The molecule has 0 aromatic carbocycles. The van der Waals surface area contributed by atoms with Gasteiger partial charge in [0.05, 0.1) is 0 Å². The highest BCUT2D eigenvalue weighted by atomic mass is 15.1. The van der Waals surface area contributed by atoms with Gasteiger partial charge in [-0.15, -0.1) is 0 Å². The average molecular weight is 211 g/mol. The molecule has 0 aromatic heterocycles. The molecule has 0 N–H and O–H groups in total. The molecule has 15 heavy (non-hydrogen) atoms. The van der Waals surface area contributed by atoms with Crippen molar-refractivity contribution in [3.63, 3.8) is 0 Å². The van der Waals surface area contributed by atoms with Crippen LogP contribution in [0.2, 0.25) is 0 Å². The highest BCUT2D eigenvalue weighted by molar-refractivity contribution is 4.78. The highest BCUT2D eigenvalue weighted by Gasteiger charge is 2.25. The van der Waals surface area contributed by atoms with Gasteiger partial charge in [0.1, 0.15) is 0 Å². The predicted octanol–water partition coefficient (Wildman–Crippen LogP) is 3.79. The predicted molar refractivity (Wildman–Crippen MR) is 68.1 cm³/mol. The Balaban J connectivity index is 2.57. The van der Waals surface area contributed by atoms with Crippen LogP contribution in [0.3, 0.4) is 0 Å². The summed E-state index contributed by atoms with van der Waals surface area (Å²) in [4.78, 5) is 2.43. The molecule has 0 spiro atoms. The lowest BCUT2D eigenvalue weighted by atomic mass is 9.78. The standard InChI is InChI=1S/C14H29N/c1-6-13-7-11(2)9-14(15(4)5)10-12(3)8-13/h11-14H,6-10H2,1-5H3. The molecule has 0 amide bonds. The molecule has 0 bridgehead atoms. The van der Waals surface area contributed by atoms with E-state index in [0.717, 1.165) is 23.8 Å². The highest BCUT2D eigenvalue weighted by Crippen LogP contribution is 2.32. The first-order chi connectivity index (χ1) is 7.02. The second-order valence-electron chi connectivity index (χ2n) is 6.04. The Morgan fingerprint density at radius 2 is 1.40 bits per heavy atom. The summed E-state index contributed by atoms with van der Waals surface area (Å²) in [6.45, 7) is 7.24. The van der Waals surface area contributed by atoms with Gasteiger partial charge in [0.15, 0.2) is 0 Å². The van der Waals surface area contributed by atoms with Crippen molar-refractivity contribution in [2.45, 2.75) is 58.9 Å². The van der Waals surface area contributed by atoms with E-state index < -0.39 is 0 Å². The molecule has 0 aliphatic heterocycles. The summed E-state index contributed by atoms with van der Waals surface area (Å²) in [6, 6.07) is 0.813. The Bertz CT molecular complexity index is 162. The van der Waals surface area contributed by atoms with Crippen molar-refractivity contribution in [3.8, 4) is 0 Å². The van der Waals surface area contributed by atoms with E-state index in [0.29, 0.717) is 0 Å². The maximum absolute atomic E-state index is 2.44. The van der Waals surface area contributed by atoms with E-state index in [1.807, 2.05) is 0 Å². The summed E-state index contributed by atoms with van der Waals surface area (Å²) in [5, 5.41) is 0. The van der Waals surface area contributed by atoms with Crippen molar-refractivity contribution >= 4 is 0 Å². The second kappa shape index (κ2) is 5.89. The number of nitrogens with zero attached hydrogens (tertiary/aromatic N) is 1. The van der Waals surface area contributed by atoms with Crippen LogP contribution in [0.1, 0.15) is 52.9 Å². The average Bonchev–Trinajstić information content (AvgIpc) is 2.12. The zero-order valence-electron chi connectivity index (χ0n) is 11.3. The minimum atomic E-state index is 0.813. The van der Waals surface area contributed by atoms with Crippen LogP contribution >= 0.6 is 0 Å². The van der Waals surface area contributed by atoms with E-state index in [9.17, 15) is 0 Å². The Kier molecular flexibility index (Phi) is 5.11. The largest absolute Gasteiger partial charge is 0.306 e. The lowest BCUT2D eigenvalue weighted by molar-refractivity contribution is 0.160. The molecule has 0 radical (unpaired) electrons. The monoisotopic (exact) mass is 211 g/mol. The van der Waals surface area contributed by atoms with Gasteiger partial charge in [0.25, 0.3) is 0 Å². The summed E-state index contributed by atoms with van der Waals surface area (Å²) >= 11 is 0. The summed E-state index contributed by atoms with van der Waals surface area (Å²) in [5.74, 6) is 2.81. The molecule has 0 heterocycles. The maximum atomic E-state index is 2.44. The van der Waals surface area contributed by atoms with Gasteiger partial charge in [-0.25, -0.2) is 0 Å². The van der Waals surface area contributed by atoms with Crippen molar-refractivity contribution in [1.82, 2.24) is 4.90 Å². The quantitative estimate of drug-likeness (QED) is 0.672. The Morgan fingerprint density at radius 1 is 0.933 bits per heavy atom. The topological polar surface area (TPSA) is 3.24 Å². The van der Waals surface area contributed by atoms with E-state index in [2.05, 4.69) is 39.8 Å². The minimum absolute atomic E-state index is 0.813. The molecule has 1 heteroatoms. The SMILES string of the molecule is CCC1CC(C)CC(N(C)C)CC(C)C1. The van der Waals surface area contributed by atoms with Crippen molar-refractivity contribution in [1.29, 1.82) is 0 Å². The van der Waals surface area contributed by atoms with Gasteiger partial charge in [0.2, 0.25) is 0 Å². The van der Waals surface area contributed by atoms with Crippen molar-refractivity contribution in [2.24, 2.45) is 17.8 Å². The first-order valence-corrected chi connectivity index (χ1v) is 6.69. The van der Waals surface area contributed by atoms with Gasteiger partial charge >= 0.3 is 0 Å². The molecule has 1 aliphatic rings. The minimum Gasteiger partial charge on any atom is -0.306 e. The van der Waals surface area contributed by atoms with E-state index in [1.54, 1.807) is 0 Å². The van der Waals surface area contributed by atoms with E-state index in [1.165, 1.54) is 32.1 Å². The normalized spacial score (nSPS) is 38.8. The molecule has 0 saturated heterocycles. The molecule has 1 nitrogen and oxygen atoms in total. The summed E-state index contributed by atoms with van der Waals surface area (Å²) in [7, 11) is 4.48. The molecule has 1 saturated carbocycles. The molecule has 90 valence electrons. The molecule has 2 atom stereocenters. The zero-order valence-corrected chi connectivity index (χ0v) is 11.3. The maximum Gasteiger partial charge on any atom is 0.00942 e. The van der Waals surface area contributed by atoms with E-state index in [4.69, 9.17) is 0 Å². The third kappa shape index (κ3) is 4.14. The smallest absolute Gasteiger partial charge is 0.00942 e. The number of rotatable bonds is 2. The van der Waals surface area contributed by atoms with Gasteiger partial charge in [-0.2, -0.15) is 0 Å². The fourth-order valence-corrected chi connectivity index (χ4v) is 3.21. The van der Waals surface area contributed by atoms with Crippen LogP contribution in [-0.4, -0.2) is 25.0 Å². The van der Waals surface area contributed by atoms with Gasteiger partial charge in [-0.05, 0) is 57.5 Å². The Labute approximate surface area is 96.2 Å². The molecule has 1 aliphatic carbocycles. The fourth-order valence-electron chi connectivity index (χ4n) is 3.21. The van der Waals surface area contributed by atoms with Crippen molar-refractivity contribution < 1.29 is 0 Å². The van der Waals surface area contributed by atoms with Crippen LogP contribution in [0.5, 0.6) is 0 Å². The zero-order chi connectivity index (χ0) is 11.4. The van der Waals surface area contributed by atoms with Crippen LogP contribution in [-0.2, 0) is 0 Å². The van der Waals surface area contributed by atoms with Gasteiger partial charge < -0.3 is 4.90 Å². The molecular weight excluding hydrogens is 182 g/mol. The summed E-state index contributed by atoms with van der Waals surface area (Å²) in [5.41, 5.74) is 0. The van der Waals surface area contributed by atoms with Crippen LogP contribution in [0.25, 0.3) is 0 Å². The lowest BCUT2D eigenvalue weighted by Gasteiger charge is -2.35. The first kappa shape index (κ1) is 13.0. The van der Waals surface area contributed by atoms with Crippen molar-refractivity contribution in [3.05, 3.63) is 0 Å². The van der Waals surface area contributed by atoms with E-state index in [-0.39, 0.29) is 0 Å². The Morgan fingerprint density at radius 3 is 1.73 bits per heavy atom. The van der Waals surface area contributed by atoms with Gasteiger partial charge in [0, 0.05) is 6.04 Å². The third-order valence-electron chi connectivity index (χ3n) is 4.13. The van der Waals surface area contributed by atoms with E-state index >= 15 is 0 Å². The lowest BCUT2D eigenvalue weighted by Crippen LogP contribution is -2.33. The molecule has 1 fully saturated rings. The number of hydrogen-bond donors (Lipinski definition) is 0.